The summed E-state index contributed by atoms with van der Waals surface area (Å²) >= 11 is 0. The van der Waals surface area contributed by atoms with Crippen molar-refractivity contribution in [2.24, 2.45) is 4.99 Å². The van der Waals surface area contributed by atoms with E-state index >= 15 is 0 Å². The molecule has 24 heavy (non-hydrogen) atoms. The zero-order chi connectivity index (χ0) is 17.4. The molecule has 1 aromatic rings. The van der Waals surface area contributed by atoms with Gasteiger partial charge in [0.2, 0.25) is 0 Å². The molecule has 8 heteroatoms. The Morgan fingerprint density at radius 3 is 2.58 bits per heavy atom. The largest absolute Gasteiger partial charge is 0.390 e. The molecule has 0 atom stereocenters. The third-order valence-electron chi connectivity index (χ3n) is 3.71. The molecule has 1 aromatic carbocycles. The molecule has 0 saturated carbocycles. The maximum atomic E-state index is 12.2. The van der Waals surface area contributed by atoms with Gasteiger partial charge in [0, 0.05) is 38.9 Å². The second-order valence-corrected chi connectivity index (χ2v) is 5.45. The van der Waals surface area contributed by atoms with Crippen molar-refractivity contribution in [2.75, 3.05) is 44.8 Å². The van der Waals surface area contributed by atoms with E-state index in [1.807, 2.05) is 24.3 Å². The third-order valence-corrected chi connectivity index (χ3v) is 3.71. The van der Waals surface area contributed by atoms with Gasteiger partial charge in [-0.2, -0.15) is 13.2 Å². The van der Waals surface area contributed by atoms with Crippen molar-refractivity contribution in [3.63, 3.8) is 0 Å². The number of nitrogens with one attached hydrogen (secondary N) is 2. The zero-order valence-corrected chi connectivity index (χ0v) is 13.7. The molecule has 1 heterocycles. The predicted molar refractivity (Wildman–Crippen MR) is 88.3 cm³/mol. The van der Waals surface area contributed by atoms with Crippen molar-refractivity contribution in [3.8, 4) is 0 Å². The second kappa shape index (κ2) is 8.77. The van der Waals surface area contributed by atoms with Gasteiger partial charge < -0.3 is 20.3 Å². The summed E-state index contributed by atoms with van der Waals surface area (Å²) in [6.45, 7) is 3.34. The summed E-state index contributed by atoms with van der Waals surface area (Å²) in [7, 11) is 1.54. The van der Waals surface area contributed by atoms with Crippen LogP contribution < -0.4 is 15.5 Å². The quantitative estimate of drug-likeness (QED) is 0.635. The Bertz CT molecular complexity index is 542. The number of rotatable bonds is 5. The van der Waals surface area contributed by atoms with Crippen LogP contribution in [-0.4, -0.2) is 52.0 Å². The molecule has 0 amide bonds. The number of alkyl halides is 3. The Balaban J connectivity index is 1.90. The number of para-hydroxylation sites is 1. The van der Waals surface area contributed by atoms with Gasteiger partial charge in [-0.05, 0) is 11.6 Å². The van der Waals surface area contributed by atoms with Crippen LogP contribution in [0.5, 0.6) is 0 Å². The lowest BCUT2D eigenvalue weighted by Gasteiger charge is -2.30. The topological polar surface area (TPSA) is 48.9 Å². The van der Waals surface area contributed by atoms with E-state index in [4.69, 9.17) is 4.74 Å². The Kier molecular flexibility index (Phi) is 6.72. The fraction of sp³-hybridized carbons (Fsp3) is 0.562. The van der Waals surface area contributed by atoms with E-state index in [2.05, 4.69) is 20.5 Å². The first-order chi connectivity index (χ1) is 11.5. The van der Waals surface area contributed by atoms with Crippen molar-refractivity contribution in [3.05, 3.63) is 29.8 Å². The highest BCUT2D eigenvalue weighted by atomic mass is 19.4. The molecule has 0 aromatic heterocycles. The van der Waals surface area contributed by atoms with Gasteiger partial charge in [-0.15, -0.1) is 0 Å². The summed E-state index contributed by atoms with van der Waals surface area (Å²) in [5.74, 6) is 0.357. The summed E-state index contributed by atoms with van der Waals surface area (Å²) in [5.41, 5.74) is 2.18. The number of guanidine groups is 1. The van der Waals surface area contributed by atoms with E-state index in [1.54, 1.807) is 0 Å². The molecule has 1 saturated heterocycles. The Labute approximate surface area is 139 Å². The Morgan fingerprint density at radius 1 is 1.21 bits per heavy atom. The van der Waals surface area contributed by atoms with Gasteiger partial charge in [0.25, 0.3) is 0 Å². The van der Waals surface area contributed by atoms with E-state index in [1.165, 1.54) is 7.05 Å². The van der Waals surface area contributed by atoms with Crippen molar-refractivity contribution in [2.45, 2.75) is 19.1 Å². The molecule has 0 spiro atoms. The minimum Gasteiger partial charge on any atom is -0.378 e. The first-order valence-electron chi connectivity index (χ1n) is 7.91. The first-order valence-corrected chi connectivity index (χ1v) is 7.91. The molecule has 5 nitrogen and oxygen atoms in total. The smallest absolute Gasteiger partial charge is 0.378 e. The van der Waals surface area contributed by atoms with Gasteiger partial charge in [-0.25, -0.2) is 0 Å². The van der Waals surface area contributed by atoms with Crippen LogP contribution in [0.1, 0.15) is 12.0 Å². The van der Waals surface area contributed by atoms with Crippen molar-refractivity contribution < 1.29 is 17.9 Å². The normalized spacial score (nSPS) is 16.2. The van der Waals surface area contributed by atoms with Crippen molar-refractivity contribution in [1.29, 1.82) is 0 Å². The van der Waals surface area contributed by atoms with E-state index in [0.29, 0.717) is 25.7 Å². The van der Waals surface area contributed by atoms with E-state index < -0.39 is 12.6 Å². The molecule has 0 radical (unpaired) electrons. The van der Waals surface area contributed by atoms with Gasteiger partial charge in [0.05, 0.1) is 19.6 Å². The van der Waals surface area contributed by atoms with Gasteiger partial charge in [-0.1, -0.05) is 18.2 Å². The SMILES string of the molecule is CN=C(NCCC(F)(F)F)NCc1ccccc1N1CCOCC1. The predicted octanol–water partition coefficient (Wildman–Crippen LogP) is 2.14. The van der Waals surface area contributed by atoms with Crippen molar-refractivity contribution in [1.82, 2.24) is 10.6 Å². The van der Waals surface area contributed by atoms with E-state index in [9.17, 15) is 13.2 Å². The number of benzene rings is 1. The molecule has 0 unspecified atom stereocenters. The highest BCUT2D eigenvalue weighted by Gasteiger charge is 2.26. The number of hydrogen-bond acceptors (Lipinski definition) is 3. The van der Waals surface area contributed by atoms with E-state index in [-0.39, 0.29) is 6.54 Å². The fourth-order valence-corrected chi connectivity index (χ4v) is 2.50. The number of morpholine rings is 1. The molecule has 0 bridgehead atoms. The number of ether oxygens (including phenoxy) is 1. The summed E-state index contributed by atoms with van der Waals surface area (Å²) < 4.78 is 42.0. The molecule has 1 fully saturated rings. The highest BCUT2D eigenvalue weighted by Crippen LogP contribution is 2.21. The van der Waals surface area contributed by atoms with Crippen LogP contribution in [0, 0.1) is 0 Å². The number of nitrogens with zero attached hydrogens (tertiary/aromatic N) is 2. The lowest BCUT2D eigenvalue weighted by molar-refractivity contribution is -0.132. The monoisotopic (exact) mass is 344 g/mol. The molecule has 134 valence electrons. The maximum Gasteiger partial charge on any atom is 0.390 e. The lowest BCUT2D eigenvalue weighted by atomic mass is 10.1. The van der Waals surface area contributed by atoms with Crippen LogP contribution in [-0.2, 0) is 11.3 Å². The number of aliphatic imine (C=N–C) groups is 1. The minimum absolute atomic E-state index is 0.200. The van der Waals surface area contributed by atoms with Crippen LogP contribution in [0.3, 0.4) is 0 Å². The molecule has 1 aliphatic heterocycles. The number of anilines is 1. The van der Waals surface area contributed by atoms with E-state index in [0.717, 1.165) is 24.3 Å². The summed E-state index contributed by atoms with van der Waals surface area (Å²) in [5, 5.41) is 5.75. The second-order valence-electron chi connectivity index (χ2n) is 5.45. The van der Waals surface area contributed by atoms with Crippen LogP contribution in [0.4, 0.5) is 18.9 Å². The number of halogens is 3. The average Bonchev–Trinajstić information content (AvgIpc) is 2.58. The molecule has 2 N–H and O–H groups in total. The highest BCUT2D eigenvalue weighted by molar-refractivity contribution is 5.79. The fourth-order valence-electron chi connectivity index (χ4n) is 2.50. The molecule has 1 aliphatic rings. The zero-order valence-electron chi connectivity index (χ0n) is 13.7. The summed E-state index contributed by atoms with van der Waals surface area (Å²) in [6.07, 6.45) is -5.06. The van der Waals surface area contributed by atoms with Crippen molar-refractivity contribution >= 4 is 11.6 Å². The average molecular weight is 344 g/mol. The van der Waals surface area contributed by atoms with Crippen LogP contribution >= 0.6 is 0 Å². The Morgan fingerprint density at radius 2 is 1.92 bits per heavy atom. The third kappa shape index (κ3) is 5.92. The van der Waals surface area contributed by atoms with Gasteiger partial charge in [-0.3, -0.25) is 4.99 Å². The summed E-state index contributed by atoms with van der Waals surface area (Å²) in [6, 6.07) is 7.97. The maximum absolute atomic E-state index is 12.2. The van der Waals surface area contributed by atoms with Gasteiger partial charge in [0.1, 0.15) is 0 Å². The molecular formula is C16H23F3N4O. The van der Waals surface area contributed by atoms with Crippen LogP contribution in [0.25, 0.3) is 0 Å². The standard InChI is InChI=1S/C16H23F3N4O/c1-20-15(21-7-6-16(17,18)19)22-12-13-4-2-3-5-14(13)23-8-10-24-11-9-23/h2-5H,6-12H2,1H3,(H2,20,21,22). The number of hydrogen-bond donors (Lipinski definition) is 2. The molecule has 2 rings (SSSR count). The van der Waals surface area contributed by atoms with Crippen LogP contribution in [0.15, 0.2) is 29.3 Å². The molecule has 0 aliphatic carbocycles. The Hall–Kier alpha value is -1.96. The lowest BCUT2D eigenvalue weighted by Crippen LogP contribution is -2.40. The van der Waals surface area contributed by atoms with Crippen LogP contribution in [0.2, 0.25) is 0 Å². The summed E-state index contributed by atoms with van der Waals surface area (Å²) in [4.78, 5) is 6.21. The van der Waals surface area contributed by atoms with Gasteiger partial charge >= 0.3 is 6.18 Å². The van der Waals surface area contributed by atoms with Gasteiger partial charge in [0.15, 0.2) is 5.96 Å². The molecular weight excluding hydrogens is 321 g/mol. The first kappa shape index (κ1) is 18.4. The minimum atomic E-state index is -4.17.